The van der Waals surface area contributed by atoms with Crippen molar-refractivity contribution in [1.29, 1.82) is 0 Å². The van der Waals surface area contributed by atoms with Gasteiger partial charge in [-0.25, -0.2) is 8.78 Å². The first-order valence-electron chi connectivity index (χ1n) is 5.59. The average molecular weight is 274 g/mol. The lowest BCUT2D eigenvalue weighted by molar-refractivity contribution is -0.138. The molecule has 19 heavy (non-hydrogen) atoms. The van der Waals surface area contributed by atoms with Gasteiger partial charge in [-0.3, -0.25) is 4.79 Å². The fraction of sp³-hybridized carbons (Fsp3) is 0.462. The predicted octanol–water partition coefficient (Wildman–Crippen LogP) is 3.00. The van der Waals surface area contributed by atoms with E-state index in [9.17, 15) is 13.6 Å². The van der Waals surface area contributed by atoms with Gasteiger partial charge in [-0.1, -0.05) is 0 Å². The molecule has 0 aliphatic heterocycles. The van der Waals surface area contributed by atoms with E-state index in [0.717, 1.165) is 19.1 Å². The second-order valence-electron chi connectivity index (χ2n) is 4.25. The van der Waals surface area contributed by atoms with Crippen LogP contribution in [0.3, 0.4) is 0 Å². The molecule has 0 radical (unpaired) electrons. The van der Waals surface area contributed by atoms with E-state index in [-0.39, 0.29) is 22.6 Å². The van der Waals surface area contributed by atoms with E-state index in [1.165, 1.54) is 21.1 Å². The normalized spacial score (nSPS) is 12.9. The summed E-state index contributed by atoms with van der Waals surface area (Å²) in [5.74, 6) is -4.95. The third-order valence-corrected chi connectivity index (χ3v) is 2.85. The van der Waals surface area contributed by atoms with Crippen molar-refractivity contribution in [3.8, 4) is 11.5 Å². The minimum absolute atomic E-state index is 0.0876. The zero-order chi connectivity index (χ0) is 14.8. The molecule has 1 atom stereocenters. The van der Waals surface area contributed by atoms with Crippen molar-refractivity contribution in [3.63, 3.8) is 0 Å². The van der Waals surface area contributed by atoms with Gasteiger partial charge in [0.25, 0.3) is 5.92 Å². The van der Waals surface area contributed by atoms with Gasteiger partial charge in [0.2, 0.25) is 0 Å². The summed E-state index contributed by atoms with van der Waals surface area (Å²) in [6, 6.07) is 2.29. The third-order valence-electron chi connectivity index (χ3n) is 2.85. The molecule has 0 saturated carbocycles. The number of hydrogen-bond acceptors (Lipinski definition) is 3. The highest BCUT2D eigenvalue weighted by atomic mass is 19.3. The van der Waals surface area contributed by atoms with E-state index < -0.39 is 17.8 Å². The smallest absolute Gasteiger partial charge is 0.310 e. The maximum atomic E-state index is 13.4. The molecule has 0 saturated heterocycles. The van der Waals surface area contributed by atoms with Crippen LogP contribution in [0.5, 0.6) is 11.5 Å². The van der Waals surface area contributed by atoms with Crippen LogP contribution in [0.25, 0.3) is 0 Å². The highest BCUT2D eigenvalue weighted by molar-refractivity contribution is 5.77. The van der Waals surface area contributed by atoms with Gasteiger partial charge >= 0.3 is 5.97 Å². The summed E-state index contributed by atoms with van der Waals surface area (Å²) in [7, 11) is 2.64. The zero-order valence-electron chi connectivity index (χ0n) is 11.2. The molecule has 6 heteroatoms. The topological polar surface area (TPSA) is 55.8 Å². The van der Waals surface area contributed by atoms with Gasteiger partial charge in [-0.2, -0.15) is 0 Å². The van der Waals surface area contributed by atoms with Crippen LogP contribution in [0, 0.1) is 0 Å². The molecular formula is C13H16F2O4. The number of benzene rings is 1. The molecule has 1 unspecified atom stereocenters. The van der Waals surface area contributed by atoms with Crippen LogP contribution in [0.15, 0.2) is 12.1 Å². The fourth-order valence-corrected chi connectivity index (χ4v) is 1.70. The van der Waals surface area contributed by atoms with Gasteiger partial charge in [-0.05, 0) is 19.1 Å². The largest absolute Gasteiger partial charge is 0.493 e. The van der Waals surface area contributed by atoms with E-state index >= 15 is 0 Å². The SMILES string of the molecule is COc1cc(C(C)(F)F)cc(C(C)C(=O)O)c1OC. The lowest BCUT2D eigenvalue weighted by Crippen LogP contribution is -2.13. The van der Waals surface area contributed by atoms with Crippen LogP contribution in [0.4, 0.5) is 8.78 Å². The van der Waals surface area contributed by atoms with E-state index in [0.29, 0.717) is 0 Å². The van der Waals surface area contributed by atoms with E-state index in [4.69, 9.17) is 14.6 Å². The van der Waals surface area contributed by atoms with E-state index in [1.807, 2.05) is 0 Å². The van der Waals surface area contributed by atoms with Crippen molar-refractivity contribution in [3.05, 3.63) is 23.3 Å². The number of hydrogen-bond donors (Lipinski definition) is 1. The molecule has 1 aromatic carbocycles. The number of carbonyl (C=O) groups is 1. The molecule has 0 amide bonds. The van der Waals surface area contributed by atoms with Gasteiger partial charge in [0.05, 0.1) is 20.1 Å². The Morgan fingerprint density at radius 1 is 1.32 bits per heavy atom. The van der Waals surface area contributed by atoms with Crippen molar-refractivity contribution in [2.24, 2.45) is 0 Å². The Morgan fingerprint density at radius 2 is 1.89 bits per heavy atom. The molecule has 1 rings (SSSR count). The van der Waals surface area contributed by atoms with Gasteiger partial charge in [-0.15, -0.1) is 0 Å². The monoisotopic (exact) mass is 274 g/mol. The first kappa shape index (κ1) is 15.2. The average Bonchev–Trinajstić information content (AvgIpc) is 2.34. The van der Waals surface area contributed by atoms with Crippen molar-refractivity contribution < 1.29 is 28.2 Å². The number of methoxy groups -OCH3 is 2. The number of alkyl halides is 2. The number of ether oxygens (including phenoxy) is 2. The highest BCUT2D eigenvalue weighted by Gasteiger charge is 2.30. The molecule has 0 aliphatic rings. The van der Waals surface area contributed by atoms with Gasteiger partial charge in [0, 0.05) is 18.1 Å². The molecule has 1 aromatic rings. The number of halogens is 2. The summed E-state index contributed by atoms with van der Waals surface area (Å²) in [6.45, 7) is 2.14. The second-order valence-corrected chi connectivity index (χ2v) is 4.25. The van der Waals surface area contributed by atoms with Gasteiger partial charge < -0.3 is 14.6 Å². The van der Waals surface area contributed by atoms with Crippen LogP contribution in [-0.2, 0) is 10.7 Å². The predicted molar refractivity (Wildman–Crippen MR) is 65.2 cm³/mol. The summed E-state index contributed by atoms with van der Waals surface area (Å²) in [5, 5.41) is 9.03. The second kappa shape index (κ2) is 5.42. The highest BCUT2D eigenvalue weighted by Crippen LogP contribution is 2.41. The fourth-order valence-electron chi connectivity index (χ4n) is 1.70. The maximum Gasteiger partial charge on any atom is 0.310 e. The van der Waals surface area contributed by atoms with E-state index in [1.54, 1.807) is 0 Å². The van der Waals surface area contributed by atoms with Crippen molar-refractivity contribution in [1.82, 2.24) is 0 Å². The summed E-state index contributed by atoms with van der Waals surface area (Å²) < 4.78 is 36.9. The Bertz CT molecular complexity index is 480. The first-order chi connectivity index (χ1) is 8.72. The Hall–Kier alpha value is -1.85. The van der Waals surface area contributed by atoms with Crippen LogP contribution in [0.1, 0.15) is 30.9 Å². The Balaban J connectivity index is 3.53. The van der Waals surface area contributed by atoms with Crippen LogP contribution in [-0.4, -0.2) is 25.3 Å². The van der Waals surface area contributed by atoms with Gasteiger partial charge in [0.15, 0.2) is 11.5 Å². The molecule has 0 bridgehead atoms. The molecule has 0 aromatic heterocycles. The van der Waals surface area contributed by atoms with Crippen LogP contribution in [0.2, 0.25) is 0 Å². The summed E-state index contributed by atoms with van der Waals surface area (Å²) in [6.07, 6.45) is 0. The minimum atomic E-state index is -3.09. The molecule has 1 N–H and O–H groups in total. The molecule has 106 valence electrons. The molecular weight excluding hydrogens is 258 g/mol. The molecule has 0 aliphatic carbocycles. The van der Waals surface area contributed by atoms with Crippen molar-refractivity contribution in [2.75, 3.05) is 14.2 Å². The molecule has 0 spiro atoms. The van der Waals surface area contributed by atoms with E-state index in [2.05, 4.69) is 0 Å². The number of aliphatic carboxylic acids is 1. The quantitative estimate of drug-likeness (QED) is 0.896. The van der Waals surface area contributed by atoms with Crippen LogP contribution >= 0.6 is 0 Å². The van der Waals surface area contributed by atoms with Crippen molar-refractivity contribution in [2.45, 2.75) is 25.7 Å². The maximum absolute atomic E-state index is 13.4. The summed E-state index contributed by atoms with van der Waals surface area (Å²) >= 11 is 0. The summed E-state index contributed by atoms with van der Waals surface area (Å²) in [4.78, 5) is 11.0. The third kappa shape index (κ3) is 3.13. The minimum Gasteiger partial charge on any atom is -0.493 e. The first-order valence-corrected chi connectivity index (χ1v) is 5.59. The Kier molecular flexibility index (Phi) is 4.34. The van der Waals surface area contributed by atoms with Gasteiger partial charge in [0.1, 0.15) is 0 Å². The molecule has 4 nitrogen and oxygen atoms in total. The number of carboxylic acid groups (broad SMARTS) is 1. The Morgan fingerprint density at radius 3 is 2.26 bits per heavy atom. The lowest BCUT2D eigenvalue weighted by Gasteiger charge is -2.19. The standard InChI is InChI=1S/C13H16F2O4/c1-7(12(16)17)9-5-8(13(2,14)15)6-10(18-3)11(9)19-4/h5-7H,1-4H3,(H,16,17). The molecule has 0 heterocycles. The number of carboxylic acids is 1. The van der Waals surface area contributed by atoms with Crippen molar-refractivity contribution >= 4 is 5.97 Å². The summed E-state index contributed by atoms with van der Waals surface area (Å²) in [5.41, 5.74) is -0.154. The number of rotatable bonds is 5. The zero-order valence-corrected chi connectivity index (χ0v) is 11.2. The lowest BCUT2D eigenvalue weighted by atomic mass is 9.95. The molecule has 0 fully saturated rings. The Labute approximate surface area is 109 Å². The van der Waals surface area contributed by atoms with Crippen LogP contribution < -0.4 is 9.47 Å².